The number of piperazine rings is 1. The molecule has 1 saturated heterocycles. The minimum atomic E-state index is -0.148. The number of aryl methyl sites for hydroxylation is 1. The summed E-state index contributed by atoms with van der Waals surface area (Å²) in [6.07, 6.45) is 0. The molecule has 5 heteroatoms. The number of hydrogen-bond acceptors (Lipinski definition) is 3. The topological polar surface area (TPSA) is 47.6 Å². The first-order valence-corrected chi connectivity index (χ1v) is 9.27. The van der Waals surface area contributed by atoms with Gasteiger partial charge in [-0.05, 0) is 43.2 Å². The van der Waals surface area contributed by atoms with Crippen molar-refractivity contribution in [1.82, 2.24) is 10.2 Å². The first kappa shape index (κ1) is 18.3. The second kappa shape index (κ2) is 8.72. The average Bonchev–Trinajstić information content (AvgIpc) is 2.65. The summed E-state index contributed by atoms with van der Waals surface area (Å²) >= 11 is 0. The van der Waals surface area contributed by atoms with Crippen molar-refractivity contribution < 1.29 is 4.79 Å². The maximum atomic E-state index is 11.9. The molecule has 0 unspecified atom stereocenters. The minimum absolute atomic E-state index is 0.148. The zero-order chi connectivity index (χ0) is 18.4. The fourth-order valence-electron chi connectivity index (χ4n) is 3.31. The molecule has 1 heterocycles. The molecule has 2 N–H and O–H groups in total. The van der Waals surface area contributed by atoms with Gasteiger partial charge in [-0.25, -0.2) is 4.79 Å². The van der Waals surface area contributed by atoms with Crippen molar-refractivity contribution in [2.75, 3.05) is 49.5 Å². The van der Waals surface area contributed by atoms with Gasteiger partial charge in [0.2, 0.25) is 0 Å². The number of anilines is 2. The number of amides is 2. The molecule has 1 fully saturated rings. The van der Waals surface area contributed by atoms with E-state index in [2.05, 4.69) is 52.5 Å². The van der Waals surface area contributed by atoms with Gasteiger partial charge in [-0.1, -0.05) is 30.3 Å². The van der Waals surface area contributed by atoms with Gasteiger partial charge in [0, 0.05) is 50.6 Å². The van der Waals surface area contributed by atoms with E-state index in [1.165, 1.54) is 16.8 Å². The van der Waals surface area contributed by atoms with Crippen LogP contribution in [0.5, 0.6) is 0 Å². The van der Waals surface area contributed by atoms with Crippen molar-refractivity contribution in [2.24, 2.45) is 0 Å². The molecule has 1 aliphatic heterocycles. The molecule has 26 heavy (non-hydrogen) atoms. The molecule has 2 aromatic rings. The number of carbonyl (C=O) groups excluding carboxylic acids is 1. The van der Waals surface area contributed by atoms with Crippen molar-refractivity contribution in [3.8, 4) is 0 Å². The molecule has 1 aliphatic rings. The fraction of sp³-hybridized carbons (Fsp3) is 0.381. The smallest absolute Gasteiger partial charge is 0.319 e. The highest BCUT2D eigenvalue weighted by molar-refractivity contribution is 5.89. The van der Waals surface area contributed by atoms with E-state index in [1.807, 2.05) is 30.3 Å². The van der Waals surface area contributed by atoms with Crippen molar-refractivity contribution in [3.05, 3.63) is 59.7 Å². The van der Waals surface area contributed by atoms with Gasteiger partial charge in [0.15, 0.2) is 0 Å². The van der Waals surface area contributed by atoms with E-state index < -0.39 is 0 Å². The number of nitrogens with zero attached hydrogens (tertiary/aromatic N) is 2. The van der Waals surface area contributed by atoms with Crippen LogP contribution in [0.1, 0.15) is 11.1 Å². The average molecular weight is 352 g/mol. The summed E-state index contributed by atoms with van der Waals surface area (Å²) in [5.41, 5.74) is 4.89. The number of rotatable bonds is 5. The highest BCUT2D eigenvalue weighted by Crippen LogP contribution is 2.23. The monoisotopic (exact) mass is 352 g/mol. The molecule has 0 aliphatic carbocycles. The lowest BCUT2D eigenvalue weighted by Gasteiger charge is -2.37. The zero-order valence-corrected chi connectivity index (χ0v) is 15.7. The fourth-order valence-corrected chi connectivity index (χ4v) is 3.31. The first-order chi connectivity index (χ1) is 12.6. The number of urea groups is 1. The van der Waals surface area contributed by atoms with E-state index >= 15 is 0 Å². The number of nitrogens with one attached hydrogen (secondary N) is 2. The Morgan fingerprint density at radius 3 is 2.42 bits per heavy atom. The predicted octanol–water partition coefficient (Wildman–Crippen LogP) is 3.25. The van der Waals surface area contributed by atoms with Crippen LogP contribution in [-0.2, 0) is 0 Å². The van der Waals surface area contributed by atoms with Crippen LogP contribution in [0.4, 0.5) is 16.2 Å². The summed E-state index contributed by atoms with van der Waals surface area (Å²) in [5, 5.41) is 5.78. The lowest BCUT2D eigenvalue weighted by atomic mass is 10.1. The maximum absolute atomic E-state index is 11.9. The Bertz CT molecular complexity index is 724. The number of carbonyl (C=O) groups is 1. The van der Waals surface area contributed by atoms with Gasteiger partial charge in [-0.3, -0.25) is 4.90 Å². The summed E-state index contributed by atoms with van der Waals surface area (Å²) in [6, 6.07) is 15.9. The minimum Gasteiger partial charge on any atom is -0.369 e. The van der Waals surface area contributed by atoms with E-state index in [0.29, 0.717) is 6.54 Å². The van der Waals surface area contributed by atoms with Crippen molar-refractivity contribution >= 4 is 17.4 Å². The third kappa shape index (κ3) is 4.76. The van der Waals surface area contributed by atoms with Crippen LogP contribution in [0.2, 0.25) is 0 Å². The van der Waals surface area contributed by atoms with E-state index in [1.54, 1.807) is 0 Å². The highest BCUT2D eigenvalue weighted by Gasteiger charge is 2.18. The normalized spacial score (nSPS) is 14.9. The highest BCUT2D eigenvalue weighted by atomic mass is 16.2. The van der Waals surface area contributed by atoms with Crippen LogP contribution in [0.25, 0.3) is 0 Å². The third-order valence-corrected chi connectivity index (χ3v) is 5.03. The largest absolute Gasteiger partial charge is 0.369 e. The van der Waals surface area contributed by atoms with Gasteiger partial charge < -0.3 is 15.5 Å². The molecule has 2 aromatic carbocycles. The second-order valence-corrected chi connectivity index (χ2v) is 6.79. The quantitative estimate of drug-likeness (QED) is 0.868. The Kier molecular flexibility index (Phi) is 6.12. The van der Waals surface area contributed by atoms with Crippen molar-refractivity contribution in [2.45, 2.75) is 13.8 Å². The molecule has 0 atom stereocenters. The summed E-state index contributed by atoms with van der Waals surface area (Å²) < 4.78 is 0. The molecular formula is C21H28N4O. The summed E-state index contributed by atoms with van der Waals surface area (Å²) in [6.45, 7) is 10.0. The van der Waals surface area contributed by atoms with Crippen molar-refractivity contribution in [3.63, 3.8) is 0 Å². The molecule has 0 aromatic heterocycles. The first-order valence-electron chi connectivity index (χ1n) is 9.27. The van der Waals surface area contributed by atoms with E-state index in [0.717, 1.165) is 38.4 Å². The number of hydrogen-bond donors (Lipinski definition) is 2. The molecular weight excluding hydrogens is 324 g/mol. The molecule has 0 spiro atoms. The summed E-state index contributed by atoms with van der Waals surface area (Å²) in [4.78, 5) is 16.8. The molecule has 0 saturated carbocycles. The predicted molar refractivity (Wildman–Crippen MR) is 108 cm³/mol. The van der Waals surface area contributed by atoms with E-state index in [4.69, 9.17) is 0 Å². The van der Waals surface area contributed by atoms with Gasteiger partial charge in [0.05, 0.1) is 0 Å². The van der Waals surface area contributed by atoms with Gasteiger partial charge in [0.25, 0.3) is 0 Å². The Morgan fingerprint density at radius 1 is 0.962 bits per heavy atom. The molecule has 3 rings (SSSR count). The standard InChI is InChI=1S/C21H28N4O/c1-17-7-6-10-20(18(17)2)25-15-13-24(14-16-25)12-11-22-21(26)23-19-8-4-3-5-9-19/h3-10H,11-16H2,1-2H3,(H2,22,23,26). The van der Waals surface area contributed by atoms with Crippen LogP contribution in [0.3, 0.4) is 0 Å². The SMILES string of the molecule is Cc1cccc(N2CCN(CCNC(=O)Nc3ccccc3)CC2)c1C. The molecule has 2 amide bonds. The zero-order valence-electron chi connectivity index (χ0n) is 15.7. The second-order valence-electron chi connectivity index (χ2n) is 6.79. The van der Waals surface area contributed by atoms with Gasteiger partial charge in [-0.15, -0.1) is 0 Å². The van der Waals surface area contributed by atoms with Gasteiger partial charge in [0.1, 0.15) is 0 Å². The molecule has 138 valence electrons. The van der Waals surface area contributed by atoms with Crippen LogP contribution in [0.15, 0.2) is 48.5 Å². The van der Waals surface area contributed by atoms with Crippen molar-refractivity contribution in [1.29, 1.82) is 0 Å². The third-order valence-electron chi connectivity index (χ3n) is 5.03. The molecule has 0 radical (unpaired) electrons. The molecule has 5 nitrogen and oxygen atoms in total. The Morgan fingerprint density at radius 2 is 1.69 bits per heavy atom. The lowest BCUT2D eigenvalue weighted by molar-refractivity contribution is 0.240. The number of para-hydroxylation sites is 1. The molecule has 0 bridgehead atoms. The van der Waals surface area contributed by atoms with Gasteiger partial charge in [-0.2, -0.15) is 0 Å². The van der Waals surface area contributed by atoms with Crippen LogP contribution in [-0.4, -0.2) is 50.2 Å². The summed E-state index contributed by atoms with van der Waals surface area (Å²) in [5.74, 6) is 0. The summed E-state index contributed by atoms with van der Waals surface area (Å²) in [7, 11) is 0. The van der Waals surface area contributed by atoms with Gasteiger partial charge >= 0.3 is 6.03 Å². The Labute approximate surface area is 156 Å². The number of benzene rings is 2. The van der Waals surface area contributed by atoms with E-state index in [9.17, 15) is 4.79 Å². The Balaban J connectivity index is 1.39. The van der Waals surface area contributed by atoms with Crippen LogP contribution in [0, 0.1) is 13.8 Å². The van der Waals surface area contributed by atoms with Crippen LogP contribution >= 0.6 is 0 Å². The van der Waals surface area contributed by atoms with E-state index in [-0.39, 0.29) is 6.03 Å². The lowest BCUT2D eigenvalue weighted by Crippen LogP contribution is -2.49. The van der Waals surface area contributed by atoms with Crippen LogP contribution < -0.4 is 15.5 Å². The maximum Gasteiger partial charge on any atom is 0.319 e. The Hall–Kier alpha value is -2.53.